The van der Waals surface area contributed by atoms with Crippen molar-refractivity contribution in [3.63, 3.8) is 0 Å². The minimum Gasteiger partial charge on any atom is -0.378 e. The summed E-state index contributed by atoms with van der Waals surface area (Å²) in [6, 6.07) is 0. The maximum Gasteiger partial charge on any atom is 0.0606 e. The Morgan fingerprint density at radius 2 is 2.00 bits per heavy atom. The Bertz CT molecular complexity index is 225. The molecule has 0 aromatic carbocycles. The van der Waals surface area contributed by atoms with Crippen molar-refractivity contribution in [2.45, 2.75) is 58.0 Å². The van der Waals surface area contributed by atoms with Crippen LogP contribution in [0.2, 0.25) is 0 Å². The normalized spacial score (nSPS) is 50.8. The summed E-state index contributed by atoms with van der Waals surface area (Å²) in [5, 5.41) is 0. The van der Waals surface area contributed by atoms with Crippen molar-refractivity contribution in [2.24, 2.45) is 17.3 Å². The predicted molar refractivity (Wildman–Crippen MR) is 57.1 cm³/mol. The van der Waals surface area contributed by atoms with Crippen LogP contribution in [0, 0.1) is 17.3 Å². The molecule has 3 fully saturated rings. The molecule has 14 heavy (non-hydrogen) atoms. The highest BCUT2D eigenvalue weighted by Crippen LogP contribution is 2.63. The molecule has 0 saturated heterocycles. The minimum absolute atomic E-state index is 0.624. The first kappa shape index (κ1) is 9.21. The van der Waals surface area contributed by atoms with Gasteiger partial charge < -0.3 is 4.74 Å². The number of ether oxygens (including phenoxy) is 1. The average molecular weight is 194 g/mol. The molecule has 3 aliphatic carbocycles. The number of rotatable bonds is 2. The molecule has 0 amide bonds. The summed E-state index contributed by atoms with van der Waals surface area (Å²) in [4.78, 5) is 0. The van der Waals surface area contributed by atoms with E-state index in [4.69, 9.17) is 4.74 Å². The van der Waals surface area contributed by atoms with Crippen molar-refractivity contribution in [2.75, 3.05) is 6.61 Å². The molecule has 3 rings (SSSR count). The van der Waals surface area contributed by atoms with Crippen LogP contribution in [0.25, 0.3) is 0 Å². The summed E-state index contributed by atoms with van der Waals surface area (Å²) >= 11 is 0. The molecule has 2 bridgehead atoms. The molecule has 4 atom stereocenters. The predicted octanol–water partition coefficient (Wildman–Crippen LogP) is 3.38. The first-order valence-electron chi connectivity index (χ1n) is 6.47. The van der Waals surface area contributed by atoms with Crippen LogP contribution in [0.4, 0.5) is 0 Å². The summed E-state index contributed by atoms with van der Waals surface area (Å²) in [6.45, 7) is 3.06. The molecule has 0 spiro atoms. The molecule has 80 valence electrons. The fourth-order valence-corrected chi connectivity index (χ4v) is 4.74. The van der Waals surface area contributed by atoms with E-state index in [1.807, 2.05) is 0 Å². The fraction of sp³-hybridized carbons (Fsp3) is 1.00. The van der Waals surface area contributed by atoms with Crippen LogP contribution < -0.4 is 0 Å². The second-order valence-electron chi connectivity index (χ2n) is 5.60. The van der Waals surface area contributed by atoms with Crippen LogP contribution in [-0.4, -0.2) is 12.7 Å². The van der Waals surface area contributed by atoms with Gasteiger partial charge in [-0.25, -0.2) is 0 Å². The lowest BCUT2D eigenvalue weighted by Crippen LogP contribution is -2.37. The Balaban J connectivity index is 1.80. The van der Waals surface area contributed by atoms with E-state index in [0.717, 1.165) is 23.9 Å². The van der Waals surface area contributed by atoms with Crippen molar-refractivity contribution >= 4 is 0 Å². The van der Waals surface area contributed by atoms with Crippen molar-refractivity contribution in [1.82, 2.24) is 0 Å². The van der Waals surface area contributed by atoms with Gasteiger partial charge in [0.25, 0.3) is 0 Å². The van der Waals surface area contributed by atoms with E-state index in [2.05, 4.69) is 6.92 Å². The van der Waals surface area contributed by atoms with Crippen molar-refractivity contribution in [3.05, 3.63) is 0 Å². The van der Waals surface area contributed by atoms with Gasteiger partial charge in [0.05, 0.1) is 6.10 Å². The topological polar surface area (TPSA) is 9.23 Å². The standard InChI is InChI=1S/C13H22O/c1-2-14-12-6-9-13-7-3-4-11(13)10(12)5-8-13/h10-12H,2-9H2,1H3. The average Bonchev–Trinajstić information content (AvgIpc) is 2.67. The van der Waals surface area contributed by atoms with E-state index >= 15 is 0 Å². The maximum atomic E-state index is 5.92. The van der Waals surface area contributed by atoms with Crippen molar-refractivity contribution in [3.8, 4) is 0 Å². The zero-order chi connectivity index (χ0) is 9.60. The van der Waals surface area contributed by atoms with Crippen molar-refractivity contribution < 1.29 is 4.74 Å². The van der Waals surface area contributed by atoms with Gasteiger partial charge in [-0.3, -0.25) is 0 Å². The molecule has 0 radical (unpaired) electrons. The van der Waals surface area contributed by atoms with Crippen LogP contribution in [0.15, 0.2) is 0 Å². The molecule has 0 aliphatic heterocycles. The van der Waals surface area contributed by atoms with Gasteiger partial charge in [-0.15, -0.1) is 0 Å². The molecule has 0 aromatic rings. The molecule has 1 nitrogen and oxygen atoms in total. The number of hydrogen-bond donors (Lipinski definition) is 0. The van der Waals surface area contributed by atoms with Gasteiger partial charge in [0, 0.05) is 6.61 Å². The molecule has 3 aliphatic rings. The molecule has 0 aromatic heterocycles. The lowest BCUT2D eigenvalue weighted by atomic mass is 9.68. The summed E-state index contributed by atoms with van der Waals surface area (Å²) < 4.78 is 5.92. The largest absolute Gasteiger partial charge is 0.378 e. The molecule has 0 N–H and O–H groups in total. The highest BCUT2D eigenvalue weighted by Gasteiger charge is 2.55. The first-order chi connectivity index (χ1) is 6.86. The zero-order valence-corrected chi connectivity index (χ0v) is 9.30. The summed E-state index contributed by atoms with van der Waals surface area (Å²) in [7, 11) is 0. The SMILES string of the molecule is CCOC1CCC23CCCC2C1CC3. The van der Waals surface area contributed by atoms with Crippen LogP contribution >= 0.6 is 0 Å². The van der Waals surface area contributed by atoms with E-state index in [1.165, 1.54) is 44.9 Å². The summed E-state index contributed by atoms with van der Waals surface area (Å²) in [5.74, 6) is 1.99. The molecular weight excluding hydrogens is 172 g/mol. The quantitative estimate of drug-likeness (QED) is 0.655. The van der Waals surface area contributed by atoms with E-state index in [0.29, 0.717) is 6.10 Å². The third kappa shape index (κ3) is 1.11. The van der Waals surface area contributed by atoms with Crippen LogP contribution in [0.5, 0.6) is 0 Å². The third-order valence-electron chi connectivity index (χ3n) is 5.25. The Morgan fingerprint density at radius 1 is 1.14 bits per heavy atom. The van der Waals surface area contributed by atoms with E-state index < -0.39 is 0 Å². The molecule has 3 saturated carbocycles. The second kappa shape index (κ2) is 3.23. The second-order valence-corrected chi connectivity index (χ2v) is 5.60. The highest BCUT2D eigenvalue weighted by molar-refractivity contribution is 5.06. The van der Waals surface area contributed by atoms with E-state index in [9.17, 15) is 0 Å². The summed E-state index contributed by atoms with van der Waals surface area (Å²) in [5.41, 5.74) is 0.804. The minimum atomic E-state index is 0.624. The van der Waals surface area contributed by atoms with Gasteiger partial charge in [-0.05, 0) is 62.7 Å². The Hall–Kier alpha value is -0.0400. The van der Waals surface area contributed by atoms with Gasteiger partial charge in [-0.2, -0.15) is 0 Å². The van der Waals surface area contributed by atoms with Crippen LogP contribution in [-0.2, 0) is 4.74 Å². The van der Waals surface area contributed by atoms with Gasteiger partial charge >= 0.3 is 0 Å². The highest BCUT2D eigenvalue weighted by atomic mass is 16.5. The Labute approximate surface area is 87.2 Å². The fourth-order valence-electron chi connectivity index (χ4n) is 4.74. The molecular formula is C13H22O. The van der Waals surface area contributed by atoms with E-state index in [1.54, 1.807) is 0 Å². The first-order valence-corrected chi connectivity index (χ1v) is 6.47. The number of hydrogen-bond acceptors (Lipinski definition) is 1. The Morgan fingerprint density at radius 3 is 2.86 bits per heavy atom. The lowest BCUT2D eigenvalue weighted by molar-refractivity contribution is -0.0380. The lowest BCUT2D eigenvalue weighted by Gasteiger charge is -2.40. The van der Waals surface area contributed by atoms with Crippen molar-refractivity contribution in [1.29, 1.82) is 0 Å². The van der Waals surface area contributed by atoms with Gasteiger partial charge in [0.2, 0.25) is 0 Å². The molecule has 4 unspecified atom stereocenters. The molecule has 0 heterocycles. The van der Waals surface area contributed by atoms with Crippen LogP contribution in [0.1, 0.15) is 51.9 Å². The smallest absolute Gasteiger partial charge is 0.0606 e. The van der Waals surface area contributed by atoms with Gasteiger partial charge in [0.15, 0.2) is 0 Å². The van der Waals surface area contributed by atoms with E-state index in [-0.39, 0.29) is 0 Å². The Kier molecular flexibility index (Phi) is 2.12. The third-order valence-corrected chi connectivity index (χ3v) is 5.25. The summed E-state index contributed by atoms with van der Waals surface area (Å²) in [6.07, 6.45) is 11.0. The zero-order valence-electron chi connectivity index (χ0n) is 9.30. The monoisotopic (exact) mass is 194 g/mol. The van der Waals surface area contributed by atoms with Gasteiger partial charge in [0.1, 0.15) is 0 Å². The maximum absolute atomic E-state index is 5.92. The van der Waals surface area contributed by atoms with Crippen LogP contribution in [0.3, 0.4) is 0 Å². The van der Waals surface area contributed by atoms with Gasteiger partial charge in [-0.1, -0.05) is 6.42 Å². The molecule has 1 heteroatoms.